The first-order chi connectivity index (χ1) is 9.63. The average molecular weight is 296 g/mol. The second-order valence-electron chi connectivity index (χ2n) is 4.14. The largest absolute Gasteiger partial charge is 0.377 e. The molecule has 0 saturated carbocycles. The molecule has 2 aromatic rings. The van der Waals surface area contributed by atoms with E-state index in [2.05, 4.69) is 15.3 Å². The van der Waals surface area contributed by atoms with E-state index in [4.69, 9.17) is 16.3 Å². The third kappa shape index (κ3) is 3.43. The number of benzene rings is 1. The molecular formula is C14H15ClFN3O. The molecule has 6 heteroatoms. The number of rotatable bonds is 5. The van der Waals surface area contributed by atoms with Crippen LogP contribution in [0.1, 0.15) is 12.7 Å². The van der Waals surface area contributed by atoms with Gasteiger partial charge in [-0.1, -0.05) is 11.6 Å². The summed E-state index contributed by atoms with van der Waals surface area (Å²) in [6, 6.07) is 6.20. The third-order valence-corrected chi connectivity index (χ3v) is 2.85. The van der Waals surface area contributed by atoms with Crippen LogP contribution >= 0.6 is 11.6 Å². The maximum atomic E-state index is 14.0. The molecule has 0 amide bonds. The van der Waals surface area contributed by atoms with E-state index in [1.165, 1.54) is 6.07 Å². The van der Waals surface area contributed by atoms with E-state index in [0.717, 1.165) is 0 Å². The maximum absolute atomic E-state index is 14.0. The molecule has 0 bridgehead atoms. The van der Waals surface area contributed by atoms with Crippen molar-refractivity contribution in [2.75, 3.05) is 19.0 Å². The lowest BCUT2D eigenvalue weighted by Gasteiger charge is -2.09. The Balaban J connectivity index is 2.48. The van der Waals surface area contributed by atoms with E-state index >= 15 is 0 Å². The highest BCUT2D eigenvalue weighted by molar-refractivity contribution is 6.30. The van der Waals surface area contributed by atoms with Crippen LogP contribution in [0, 0.1) is 5.82 Å². The first-order valence-electron chi connectivity index (χ1n) is 6.20. The van der Waals surface area contributed by atoms with Gasteiger partial charge in [-0.2, -0.15) is 0 Å². The van der Waals surface area contributed by atoms with E-state index < -0.39 is 5.82 Å². The summed E-state index contributed by atoms with van der Waals surface area (Å²) in [5.74, 6) is 0.719. The van der Waals surface area contributed by atoms with Gasteiger partial charge in [-0.25, -0.2) is 14.4 Å². The molecule has 1 aromatic carbocycles. The molecule has 0 unspecified atom stereocenters. The average Bonchev–Trinajstić information content (AvgIpc) is 2.39. The summed E-state index contributed by atoms with van der Waals surface area (Å²) in [5.41, 5.74) is 0.880. The van der Waals surface area contributed by atoms with Crippen molar-refractivity contribution >= 4 is 17.4 Å². The molecule has 0 aliphatic carbocycles. The Kier molecular flexibility index (Phi) is 4.87. The van der Waals surface area contributed by atoms with Gasteiger partial charge in [-0.3, -0.25) is 0 Å². The Bertz CT molecular complexity index is 583. The predicted molar refractivity (Wildman–Crippen MR) is 77.3 cm³/mol. The quantitative estimate of drug-likeness (QED) is 0.917. The molecule has 0 aliphatic rings. The van der Waals surface area contributed by atoms with Crippen molar-refractivity contribution in [3.05, 3.63) is 40.9 Å². The zero-order valence-electron chi connectivity index (χ0n) is 11.3. The molecule has 0 atom stereocenters. The summed E-state index contributed by atoms with van der Waals surface area (Å²) in [7, 11) is 1.56. The second kappa shape index (κ2) is 6.63. The van der Waals surface area contributed by atoms with Crippen molar-refractivity contribution in [1.29, 1.82) is 0 Å². The van der Waals surface area contributed by atoms with Gasteiger partial charge in [0.15, 0.2) is 5.82 Å². The topological polar surface area (TPSA) is 47.0 Å². The van der Waals surface area contributed by atoms with E-state index in [0.29, 0.717) is 34.5 Å². The highest BCUT2D eigenvalue weighted by Crippen LogP contribution is 2.25. The lowest BCUT2D eigenvalue weighted by atomic mass is 10.1. The number of nitrogens with one attached hydrogen (secondary N) is 1. The monoisotopic (exact) mass is 295 g/mol. The van der Waals surface area contributed by atoms with E-state index in [9.17, 15) is 4.39 Å². The number of nitrogens with zero attached hydrogens (tertiary/aromatic N) is 2. The summed E-state index contributed by atoms with van der Waals surface area (Å²) < 4.78 is 19.0. The maximum Gasteiger partial charge on any atom is 0.157 e. The van der Waals surface area contributed by atoms with Gasteiger partial charge in [-0.15, -0.1) is 0 Å². The Morgan fingerprint density at radius 1 is 1.30 bits per heavy atom. The first-order valence-corrected chi connectivity index (χ1v) is 6.58. The summed E-state index contributed by atoms with van der Waals surface area (Å²) >= 11 is 5.76. The summed E-state index contributed by atoms with van der Waals surface area (Å²) in [5, 5.41) is 3.44. The van der Waals surface area contributed by atoms with Crippen LogP contribution in [0.4, 0.5) is 10.2 Å². The minimum absolute atomic E-state index is 0.265. The van der Waals surface area contributed by atoms with E-state index in [1.807, 2.05) is 6.92 Å². The first kappa shape index (κ1) is 14.7. The van der Waals surface area contributed by atoms with Gasteiger partial charge >= 0.3 is 0 Å². The van der Waals surface area contributed by atoms with E-state index in [-0.39, 0.29) is 6.61 Å². The zero-order chi connectivity index (χ0) is 14.5. The normalized spacial score (nSPS) is 10.6. The molecule has 2 rings (SSSR count). The second-order valence-corrected chi connectivity index (χ2v) is 4.58. The molecule has 0 fully saturated rings. The molecule has 1 heterocycles. The van der Waals surface area contributed by atoms with Gasteiger partial charge in [0.2, 0.25) is 0 Å². The van der Waals surface area contributed by atoms with Gasteiger partial charge in [0.25, 0.3) is 0 Å². The molecule has 0 aliphatic heterocycles. The Hall–Kier alpha value is -1.72. The van der Waals surface area contributed by atoms with Gasteiger partial charge in [0.1, 0.15) is 18.2 Å². The van der Waals surface area contributed by atoms with Crippen LogP contribution in [0.3, 0.4) is 0 Å². The number of halogens is 2. The van der Waals surface area contributed by atoms with Gasteiger partial charge in [-0.05, 0) is 25.1 Å². The van der Waals surface area contributed by atoms with Crippen molar-refractivity contribution in [1.82, 2.24) is 9.97 Å². The molecule has 0 spiro atoms. The molecule has 0 saturated heterocycles. The molecule has 4 nitrogen and oxygen atoms in total. The minimum atomic E-state index is -0.415. The number of anilines is 1. The lowest BCUT2D eigenvalue weighted by molar-refractivity contribution is 0.178. The molecule has 20 heavy (non-hydrogen) atoms. The minimum Gasteiger partial charge on any atom is -0.377 e. The molecule has 0 radical (unpaired) electrons. The summed E-state index contributed by atoms with van der Waals surface area (Å²) in [4.78, 5) is 8.60. The number of aromatic nitrogens is 2. The highest BCUT2D eigenvalue weighted by Gasteiger charge is 2.11. The van der Waals surface area contributed by atoms with Crippen LogP contribution in [0.25, 0.3) is 11.3 Å². The van der Waals surface area contributed by atoms with Crippen LogP contribution in [0.15, 0.2) is 24.3 Å². The van der Waals surface area contributed by atoms with Crippen LogP contribution < -0.4 is 5.32 Å². The van der Waals surface area contributed by atoms with Gasteiger partial charge in [0, 0.05) is 30.3 Å². The third-order valence-electron chi connectivity index (χ3n) is 2.61. The Morgan fingerprint density at radius 3 is 2.75 bits per heavy atom. The summed E-state index contributed by atoms with van der Waals surface area (Å²) in [6.07, 6.45) is 0. The molecule has 1 aromatic heterocycles. The van der Waals surface area contributed by atoms with Crippen molar-refractivity contribution < 1.29 is 9.13 Å². The smallest absolute Gasteiger partial charge is 0.157 e. The fourth-order valence-corrected chi connectivity index (χ4v) is 1.96. The molecule has 1 N–H and O–H groups in total. The Morgan fingerprint density at radius 2 is 2.10 bits per heavy atom. The number of ether oxygens (including phenoxy) is 1. The molecular weight excluding hydrogens is 281 g/mol. The van der Waals surface area contributed by atoms with E-state index in [1.54, 1.807) is 25.3 Å². The van der Waals surface area contributed by atoms with Crippen LogP contribution in [-0.2, 0) is 11.3 Å². The SMILES string of the molecule is CCNc1cc(-c2ccc(Cl)cc2F)nc(COC)n1. The van der Waals surface area contributed by atoms with Gasteiger partial charge < -0.3 is 10.1 Å². The number of methoxy groups -OCH3 is 1. The van der Waals surface area contributed by atoms with Crippen molar-refractivity contribution in [3.8, 4) is 11.3 Å². The fourth-order valence-electron chi connectivity index (χ4n) is 1.80. The van der Waals surface area contributed by atoms with Crippen molar-refractivity contribution in [2.45, 2.75) is 13.5 Å². The van der Waals surface area contributed by atoms with Gasteiger partial charge in [0.05, 0.1) is 5.69 Å². The standard InChI is InChI=1S/C14H15ClFN3O/c1-3-17-13-7-12(18-14(19-13)8-20-2)10-5-4-9(15)6-11(10)16/h4-7H,3,8H2,1-2H3,(H,17,18,19). The Labute approximate surface area is 122 Å². The zero-order valence-corrected chi connectivity index (χ0v) is 12.0. The highest BCUT2D eigenvalue weighted by atomic mass is 35.5. The predicted octanol–water partition coefficient (Wildman–Crippen LogP) is 3.51. The van der Waals surface area contributed by atoms with Crippen LogP contribution in [-0.4, -0.2) is 23.6 Å². The number of hydrogen-bond donors (Lipinski definition) is 1. The van der Waals surface area contributed by atoms with Crippen LogP contribution in [0.2, 0.25) is 5.02 Å². The van der Waals surface area contributed by atoms with Crippen LogP contribution in [0.5, 0.6) is 0 Å². The molecule has 106 valence electrons. The number of hydrogen-bond acceptors (Lipinski definition) is 4. The van der Waals surface area contributed by atoms with Crippen molar-refractivity contribution in [3.63, 3.8) is 0 Å². The summed E-state index contributed by atoms with van der Waals surface area (Å²) in [6.45, 7) is 2.94. The van der Waals surface area contributed by atoms with Crippen molar-refractivity contribution in [2.24, 2.45) is 0 Å². The lowest BCUT2D eigenvalue weighted by Crippen LogP contribution is -2.05. The fraction of sp³-hybridized carbons (Fsp3) is 0.286.